The fourth-order valence-corrected chi connectivity index (χ4v) is 4.21. The van der Waals surface area contributed by atoms with Crippen molar-refractivity contribution in [3.63, 3.8) is 0 Å². The molecule has 0 aliphatic heterocycles. The van der Waals surface area contributed by atoms with Crippen molar-refractivity contribution in [1.82, 2.24) is 14.8 Å². The molecule has 194 valence electrons. The van der Waals surface area contributed by atoms with Crippen molar-refractivity contribution in [2.75, 3.05) is 7.11 Å². The second-order valence-electron chi connectivity index (χ2n) is 8.21. The van der Waals surface area contributed by atoms with Crippen molar-refractivity contribution in [1.29, 1.82) is 5.26 Å². The number of ether oxygens (including phenoxy) is 1. The molecular weight excluding hydrogens is 508 g/mol. The molecule has 2 amide bonds. The van der Waals surface area contributed by atoms with E-state index in [4.69, 9.17) is 16.2 Å². The minimum absolute atomic E-state index is 0.0731. The van der Waals surface area contributed by atoms with Crippen LogP contribution < -0.4 is 16.2 Å². The van der Waals surface area contributed by atoms with Gasteiger partial charge in [-0.2, -0.15) is 23.5 Å². The van der Waals surface area contributed by atoms with Gasteiger partial charge in [0, 0.05) is 28.3 Å². The summed E-state index contributed by atoms with van der Waals surface area (Å²) in [4.78, 5) is 28.9. The molecular formula is C25H18F4N6O3. The summed E-state index contributed by atoms with van der Waals surface area (Å²) < 4.78 is 62.9. The Morgan fingerprint density at radius 1 is 1.11 bits per heavy atom. The van der Waals surface area contributed by atoms with Gasteiger partial charge in [-0.1, -0.05) is 6.07 Å². The summed E-state index contributed by atoms with van der Waals surface area (Å²) in [5.74, 6) is -2.99. The average Bonchev–Trinajstić information content (AvgIpc) is 3.18. The maximum absolute atomic E-state index is 14.3. The zero-order valence-electron chi connectivity index (χ0n) is 19.9. The van der Waals surface area contributed by atoms with E-state index >= 15 is 0 Å². The molecule has 2 aromatic carbocycles. The zero-order valence-corrected chi connectivity index (χ0v) is 19.9. The molecule has 0 saturated heterocycles. The van der Waals surface area contributed by atoms with Crippen molar-refractivity contribution in [3.05, 3.63) is 76.0 Å². The molecule has 0 atom stereocenters. The first kappa shape index (κ1) is 26.1. The van der Waals surface area contributed by atoms with Crippen LogP contribution in [0.5, 0.6) is 5.75 Å². The zero-order chi connectivity index (χ0) is 27.9. The lowest BCUT2D eigenvalue weighted by molar-refractivity contribution is -0.141. The molecule has 0 aliphatic carbocycles. The highest BCUT2D eigenvalue weighted by atomic mass is 19.4. The summed E-state index contributed by atoms with van der Waals surface area (Å²) >= 11 is 0. The Labute approximate surface area is 212 Å². The molecule has 0 bridgehead atoms. The third kappa shape index (κ3) is 4.47. The fourth-order valence-electron chi connectivity index (χ4n) is 4.21. The van der Waals surface area contributed by atoms with Crippen LogP contribution in [0.2, 0.25) is 0 Å². The minimum atomic E-state index is -5.03. The van der Waals surface area contributed by atoms with E-state index in [1.807, 2.05) is 6.07 Å². The summed E-state index contributed by atoms with van der Waals surface area (Å²) in [5.41, 5.74) is 7.61. The van der Waals surface area contributed by atoms with Gasteiger partial charge in [0.05, 0.1) is 30.3 Å². The van der Waals surface area contributed by atoms with E-state index in [0.717, 1.165) is 22.9 Å². The maximum atomic E-state index is 14.3. The number of carbonyl (C=O) groups excluding carboxylic acids is 2. The molecule has 0 radical (unpaired) electrons. The van der Waals surface area contributed by atoms with E-state index in [-0.39, 0.29) is 34.5 Å². The van der Waals surface area contributed by atoms with Crippen LogP contribution in [-0.4, -0.2) is 33.7 Å². The van der Waals surface area contributed by atoms with Crippen LogP contribution in [0.25, 0.3) is 22.0 Å². The molecule has 4 N–H and O–H groups in total. The van der Waals surface area contributed by atoms with E-state index in [1.165, 1.54) is 32.2 Å². The smallest absolute Gasteiger partial charge is 0.435 e. The van der Waals surface area contributed by atoms with Gasteiger partial charge in [0.1, 0.15) is 23.3 Å². The first-order valence-corrected chi connectivity index (χ1v) is 10.8. The highest BCUT2D eigenvalue weighted by Crippen LogP contribution is 2.42. The fraction of sp³-hybridized carbons (Fsp3) is 0.160. The summed E-state index contributed by atoms with van der Waals surface area (Å²) in [5, 5.41) is 12.9. The van der Waals surface area contributed by atoms with E-state index < -0.39 is 51.9 Å². The van der Waals surface area contributed by atoms with Gasteiger partial charge in [-0.05, 0) is 36.8 Å². The Morgan fingerprint density at radius 3 is 2.39 bits per heavy atom. The molecule has 2 heterocycles. The van der Waals surface area contributed by atoms with Crippen LogP contribution in [-0.2, 0) is 12.7 Å². The number of amides is 2. The number of rotatable bonds is 6. The third-order valence-corrected chi connectivity index (χ3v) is 5.87. The van der Waals surface area contributed by atoms with E-state index in [0.29, 0.717) is 5.56 Å². The number of pyridine rings is 1. The summed E-state index contributed by atoms with van der Waals surface area (Å²) in [6.45, 7) is 1.11. The summed E-state index contributed by atoms with van der Waals surface area (Å²) in [6, 6.07) is 9.38. The Bertz CT molecular complexity index is 1670. The van der Waals surface area contributed by atoms with Crippen molar-refractivity contribution in [2.45, 2.75) is 19.6 Å². The number of alkyl halides is 3. The number of nitrogens with zero attached hydrogens (tertiary/aromatic N) is 4. The SMILES string of the molecule is COc1cc(Cn2nc(C(F)(F)F)c(-c3c(C(N)=O)nc4cc(F)ccc4c3C(N)=O)c2C)ccc1C#N. The molecule has 13 heteroatoms. The lowest BCUT2D eigenvalue weighted by atomic mass is 9.92. The van der Waals surface area contributed by atoms with Gasteiger partial charge in [-0.25, -0.2) is 9.37 Å². The van der Waals surface area contributed by atoms with Gasteiger partial charge in [0.25, 0.3) is 5.91 Å². The van der Waals surface area contributed by atoms with Crippen molar-refractivity contribution < 1.29 is 31.9 Å². The standard InChI is InChI=1S/C25H18F4N6O3/c1-11-18(20-19(23(31)36)15-6-5-14(26)8-16(15)33-21(20)24(32)37)22(25(27,28)29)34-35(11)10-12-3-4-13(9-30)17(7-12)38-2/h3-8H,10H2,1-2H3,(H2,31,36)(H2,32,37). The molecule has 0 aliphatic rings. The van der Waals surface area contributed by atoms with Gasteiger partial charge >= 0.3 is 6.18 Å². The number of halogens is 4. The van der Waals surface area contributed by atoms with Crippen LogP contribution in [0, 0.1) is 24.1 Å². The Kier molecular flexibility index (Phi) is 6.50. The summed E-state index contributed by atoms with van der Waals surface area (Å²) in [6.07, 6.45) is -5.03. The Morgan fingerprint density at radius 2 is 1.82 bits per heavy atom. The molecule has 38 heavy (non-hydrogen) atoms. The Hall–Kier alpha value is -4.99. The van der Waals surface area contributed by atoms with E-state index in [2.05, 4.69) is 10.1 Å². The van der Waals surface area contributed by atoms with Crippen molar-refractivity contribution >= 4 is 22.7 Å². The monoisotopic (exact) mass is 526 g/mol. The highest BCUT2D eigenvalue weighted by molar-refractivity contribution is 6.15. The predicted molar refractivity (Wildman–Crippen MR) is 127 cm³/mol. The molecule has 0 spiro atoms. The number of nitriles is 1. The normalized spacial score (nSPS) is 11.4. The number of methoxy groups -OCH3 is 1. The molecule has 2 aromatic heterocycles. The number of aromatic nitrogens is 3. The van der Waals surface area contributed by atoms with Gasteiger partial charge in [-0.3, -0.25) is 14.3 Å². The van der Waals surface area contributed by atoms with E-state index in [9.17, 15) is 32.4 Å². The van der Waals surface area contributed by atoms with Gasteiger partial charge in [0.2, 0.25) is 5.91 Å². The highest BCUT2D eigenvalue weighted by Gasteiger charge is 2.41. The topological polar surface area (TPSA) is 150 Å². The van der Waals surface area contributed by atoms with Crippen LogP contribution >= 0.6 is 0 Å². The number of nitrogens with two attached hydrogens (primary N) is 2. The van der Waals surface area contributed by atoms with Gasteiger partial charge < -0.3 is 16.2 Å². The number of benzene rings is 2. The second kappa shape index (κ2) is 9.47. The minimum Gasteiger partial charge on any atom is -0.495 e. The number of primary amides is 2. The number of hydrogen-bond donors (Lipinski definition) is 2. The average molecular weight is 526 g/mol. The van der Waals surface area contributed by atoms with Gasteiger partial charge in [-0.15, -0.1) is 0 Å². The molecule has 0 unspecified atom stereocenters. The number of hydrogen-bond acceptors (Lipinski definition) is 6. The van der Waals surface area contributed by atoms with Crippen LogP contribution in [0.4, 0.5) is 17.6 Å². The summed E-state index contributed by atoms with van der Waals surface area (Å²) in [7, 11) is 1.34. The number of fused-ring (bicyclic) bond motifs is 1. The lowest BCUT2D eigenvalue weighted by Gasteiger charge is -2.16. The number of carbonyl (C=O) groups is 2. The van der Waals surface area contributed by atoms with E-state index in [1.54, 1.807) is 0 Å². The van der Waals surface area contributed by atoms with Crippen molar-refractivity contribution in [3.8, 4) is 22.9 Å². The molecule has 0 saturated carbocycles. The maximum Gasteiger partial charge on any atom is 0.435 e. The first-order chi connectivity index (χ1) is 17.9. The van der Waals surface area contributed by atoms with Crippen LogP contribution in [0.1, 0.15) is 43.4 Å². The largest absolute Gasteiger partial charge is 0.495 e. The molecule has 4 rings (SSSR count). The van der Waals surface area contributed by atoms with Crippen LogP contribution in [0.3, 0.4) is 0 Å². The Balaban J connectivity index is 2.05. The molecule has 9 nitrogen and oxygen atoms in total. The lowest BCUT2D eigenvalue weighted by Crippen LogP contribution is -2.21. The quantitative estimate of drug-likeness (QED) is 0.366. The molecule has 0 fully saturated rings. The second-order valence-corrected chi connectivity index (χ2v) is 8.21. The van der Waals surface area contributed by atoms with Crippen molar-refractivity contribution in [2.24, 2.45) is 11.5 Å². The van der Waals surface area contributed by atoms with Crippen LogP contribution in [0.15, 0.2) is 36.4 Å². The third-order valence-electron chi connectivity index (χ3n) is 5.87. The molecule has 4 aromatic rings. The first-order valence-electron chi connectivity index (χ1n) is 10.8. The van der Waals surface area contributed by atoms with Gasteiger partial charge in [0.15, 0.2) is 5.69 Å². The predicted octanol–water partition coefficient (Wildman–Crippen LogP) is 3.69.